The molecule has 0 atom stereocenters. The minimum atomic E-state index is 0.974. The van der Waals surface area contributed by atoms with Crippen LogP contribution in [-0.4, -0.2) is 4.98 Å². The first-order valence-electron chi connectivity index (χ1n) is 13.0. The van der Waals surface area contributed by atoms with Crippen LogP contribution in [0.3, 0.4) is 0 Å². The lowest BCUT2D eigenvalue weighted by atomic mass is 9.96. The van der Waals surface area contributed by atoms with E-state index < -0.39 is 0 Å². The maximum Gasteiger partial charge on any atom is 0.0715 e. The zero-order valence-electron chi connectivity index (χ0n) is 21.7. The third-order valence-corrected chi connectivity index (χ3v) is 7.03. The summed E-state index contributed by atoms with van der Waals surface area (Å²) < 4.78 is 0. The SMILES string of the molecule is Cc1ccc(-c2ccc(-c3cc(-c4ccc(-c5ccccc5)cc4)cc(-c4cccc(C)c4)n3)cc2)cc1. The van der Waals surface area contributed by atoms with Crippen LogP contribution in [0.2, 0.25) is 0 Å². The molecule has 0 N–H and O–H groups in total. The lowest BCUT2D eigenvalue weighted by molar-refractivity contribution is 1.31. The Morgan fingerprint density at radius 1 is 0.316 bits per heavy atom. The molecule has 0 aliphatic heterocycles. The highest BCUT2D eigenvalue weighted by atomic mass is 14.7. The van der Waals surface area contributed by atoms with Gasteiger partial charge in [0.25, 0.3) is 0 Å². The highest BCUT2D eigenvalue weighted by Gasteiger charge is 2.10. The molecule has 0 radical (unpaired) electrons. The molecular weight excluding hydrogens is 458 g/mol. The van der Waals surface area contributed by atoms with Crippen molar-refractivity contribution < 1.29 is 0 Å². The summed E-state index contributed by atoms with van der Waals surface area (Å²) in [5.41, 5.74) is 13.9. The van der Waals surface area contributed by atoms with Gasteiger partial charge in [0, 0.05) is 11.1 Å². The predicted octanol–water partition coefficient (Wildman–Crippen LogP) is 10.0. The van der Waals surface area contributed by atoms with Gasteiger partial charge in [-0.15, -0.1) is 0 Å². The third kappa shape index (κ3) is 5.05. The third-order valence-electron chi connectivity index (χ3n) is 7.03. The first-order valence-corrected chi connectivity index (χ1v) is 13.0. The Hall–Kier alpha value is -4.75. The minimum absolute atomic E-state index is 0.974. The normalized spacial score (nSPS) is 10.9. The van der Waals surface area contributed by atoms with E-state index in [2.05, 4.69) is 153 Å². The zero-order valence-corrected chi connectivity index (χ0v) is 21.7. The molecule has 6 aromatic rings. The number of hydrogen-bond acceptors (Lipinski definition) is 1. The largest absolute Gasteiger partial charge is 0.248 e. The van der Waals surface area contributed by atoms with E-state index in [0.717, 1.165) is 28.1 Å². The molecule has 5 aromatic carbocycles. The van der Waals surface area contributed by atoms with Gasteiger partial charge in [-0.1, -0.05) is 132 Å². The van der Waals surface area contributed by atoms with Gasteiger partial charge >= 0.3 is 0 Å². The van der Waals surface area contributed by atoms with Crippen LogP contribution in [0.25, 0.3) is 55.9 Å². The molecule has 182 valence electrons. The van der Waals surface area contributed by atoms with Crippen LogP contribution in [0.1, 0.15) is 11.1 Å². The number of rotatable bonds is 5. The lowest BCUT2D eigenvalue weighted by Crippen LogP contribution is -1.92. The fourth-order valence-corrected chi connectivity index (χ4v) is 4.86. The summed E-state index contributed by atoms with van der Waals surface area (Å²) in [7, 11) is 0. The van der Waals surface area contributed by atoms with Crippen LogP contribution < -0.4 is 0 Å². The van der Waals surface area contributed by atoms with E-state index >= 15 is 0 Å². The molecule has 38 heavy (non-hydrogen) atoms. The van der Waals surface area contributed by atoms with Crippen LogP contribution in [0, 0.1) is 13.8 Å². The molecule has 0 aliphatic rings. The van der Waals surface area contributed by atoms with Gasteiger partial charge in [-0.3, -0.25) is 0 Å². The molecule has 0 saturated heterocycles. The highest BCUT2D eigenvalue weighted by molar-refractivity contribution is 5.79. The molecule has 0 aliphatic carbocycles. The van der Waals surface area contributed by atoms with Gasteiger partial charge in [0.1, 0.15) is 0 Å². The number of aromatic nitrogens is 1. The van der Waals surface area contributed by atoms with Crippen molar-refractivity contribution in [1.82, 2.24) is 4.98 Å². The summed E-state index contributed by atoms with van der Waals surface area (Å²) in [6.45, 7) is 4.24. The van der Waals surface area contributed by atoms with Crippen molar-refractivity contribution in [3.8, 4) is 55.9 Å². The standard InChI is InChI=1S/C37H29N/c1-26-11-13-29(14-12-26)31-19-21-33(22-20-31)36-24-35(25-37(38-36)34-10-6-7-27(2)23-34)32-17-15-30(16-18-32)28-8-4-3-5-9-28/h3-25H,1-2H3. The van der Waals surface area contributed by atoms with Crippen LogP contribution >= 0.6 is 0 Å². The Kier molecular flexibility index (Phi) is 6.42. The van der Waals surface area contributed by atoms with E-state index in [9.17, 15) is 0 Å². The van der Waals surface area contributed by atoms with Crippen molar-refractivity contribution in [1.29, 1.82) is 0 Å². The van der Waals surface area contributed by atoms with Gasteiger partial charge in [0.05, 0.1) is 11.4 Å². The molecule has 0 spiro atoms. The van der Waals surface area contributed by atoms with E-state index in [1.807, 2.05) is 0 Å². The second-order valence-corrected chi connectivity index (χ2v) is 9.88. The predicted molar refractivity (Wildman–Crippen MR) is 161 cm³/mol. The molecule has 0 fully saturated rings. The summed E-state index contributed by atoms with van der Waals surface area (Å²) in [4.78, 5) is 5.12. The first kappa shape index (κ1) is 23.6. The summed E-state index contributed by atoms with van der Waals surface area (Å²) >= 11 is 0. The topological polar surface area (TPSA) is 12.9 Å². The zero-order chi connectivity index (χ0) is 25.9. The number of hydrogen-bond donors (Lipinski definition) is 0. The molecule has 0 amide bonds. The van der Waals surface area contributed by atoms with Crippen molar-refractivity contribution in [3.63, 3.8) is 0 Å². The molecule has 1 heteroatoms. The van der Waals surface area contributed by atoms with Crippen molar-refractivity contribution in [2.24, 2.45) is 0 Å². The van der Waals surface area contributed by atoms with Crippen LogP contribution in [-0.2, 0) is 0 Å². The second kappa shape index (κ2) is 10.3. The van der Waals surface area contributed by atoms with E-state index in [4.69, 9.17) is 4.98 Å². The molecule has 0 saturated carbocycles. The van der Waals surface area contributed by atoms with Crippen LogP contribution in [0.4, 0.5) is 0 Å². The summed E-state index contributed by atoms with van der Waals surface area (Å²) in [5.74, 6) is 0. The number of pyridine rings is 1. The number of nitrogens with zero attached hydrogens (tertiary/aromatic N) is 1. The fourth-order valence-electron chi connectivity index (χ4n) is 4.86. The summed E-state index contributed by atoms with van der Waals surface area (Å²) in [6, 6.07) is 49.7. The van der Waals surface area contributed by atoms with Gasteiger partial charge in [-0.25, -0.2) is 4.98 Å². The minimum Gasteiger partial charge on any atom is -0.248 e. The average Bonchev–Trinajstić information content (AvgIpc) is 2.98. The van der Waals surface area contributed by atoms with Crippen molar-refractivity contribution in [2.45, 2.75) is 13.8 Å². The van der Waals surface area contributed by atoms with E-state index in [-0.39, 0.29) is 0 Å². The highest BCUT2D eigenvalue weighted by Crippen LogP contribution is 2.33. The van der Waals surface area contributed by atoms with E-state index in [1.165, 1.54) is 38.9 Å². The number of benzene rings is 5. The summed E-state index contributed by atoms with van der Waals surface area (Å²) in [5, 5.41) is 0. The Labute approximate surface area is 225 Å². The first-order chi connectivity index (χ1) is 18.6. The lowest BCUT2D eigenvalue weighted by Gasteiger charge is -2.12. The fraction of sp³-hybridized carbons (Fsp3) is 0.0541. The van der Waals surface area contributed by atoms with Gasteiger partial charge in [-0.2, -0.15) is 0 Å². The molecule has 1 nitrogen and oxygen atoms in total. The Bertz CT molecular complexity index is 1680. The molecule has 0 unspecified atom stereocenters. The Morgan fingerprint density at radius 2 is 0.763 bits per heavy atom. The van der Waals surface area contributed by atoms with Crippen molar-refractivity contribution >= 4 is 0 Å². The smallest absolute Gasteiger partial charge is 0.0715 e. The summed E-state index contributed by atoms with van der Waals surface area (Å²) in [6.07, 6.45) is 0. The number of aryl methyl sites for hydroxylation is 2. The van der Waals surface area contributed by atoms with Gasteiger partial charge in [-0.05, 0) is 65.4 Å². The van der Waals surface area contributed by atoms with Crippen LogP contribution in [0.15, 0.2) is 140 Å². The maximum absolute atomic E-state index is 5.12. The average molecular weight is 488 g/mol. The van der Waals surface area contributed by atoms with Gasteiger partial charge in [0.15, 0.2) is 0 Å². The monoisotopic (exact) mass is 487 g/mol. The maximum atomic E-state index is 5.12. The Morgan fingerprint density at radius 3 is 1.34 bits per heavy atom. The second-order valence-electron chi connectivity index (χ2n) is 9.88. The van der Waals surface area contributed by atoms with Crippen molar-refractivity contribution in [3.05, 3.63) is 151 Å². The molecular formula is C37H29N. The molecule has 1 aromatic heterocycles. The molecule has 1 heterocycles. The molecule has 6 rings (SSSR count). The van der Waals surface area contributed by atoms with E-state index in [0.29, 0.717) is 0 Å². The van der Waals surface area contributed by atoms with Crippen LogP contribution in [0.5, 0.6) is 0 Å². The van der Waals surface area contributed by atoms with Gasteiger partial charge in [0.2, 0.25) is 0 Å². The molecule has 0 bridgehead atoms. The van der Waals surface area contributed by atoms with Gasteiger partial charge < -0.3 is 0 Å². The van der Waals surface area contributed by atoms with E-state index in [1.54, 1.807) is 0 Å². The quantitative estimate of drug-likeness (QED) is 0.236. The Balaban J connectivity index is 1.41. The van der Waals surface area contributed by atoms with Crippen molar-refractivity contribution in [2.75, 3.05) is 0 Å².